The molecule has 0 spiro atoms. The van der Waals surface area contributed by atoms with Crippen LogP contribution in [0.4, 0.5) is 0 Å². The van der Waals surface area contributed by atoms with Gasteiger partial charge in [-0.25, -0.2) is 0 Å². The van der Waals surface area contributed by atoms with Crippen LogP contribution in [0.2, 0.25) is 0 Å². The van der Waals surface area contributed by atoms with Gasteiger partial charge in [-0.1, -0.05) is 20.8 Å². The first-order valence-electron chi connectivity index (χ1n) is 4.77. The zero-order valence-electron chi connectivity index (χ0n) is 9.93. The monoisotopic (exact) mass is 200 g/mol. The maximum absolute atomic E-state index is 11.5. The van der Waals surface area contributed by atoms with Crippen molar-refractivity contribution in [3.8, 4) is 0 Å². The highest BCUT2D eigenvalue weighted by Gasteiger charge is 2.34. The van der Waals surface area contributed by atoms with Crippen molar-refractivity contribution in [2.75, 3.05) is 0 Å². The van der Waals surface area contributed by atoms with E-state index >= 15 is 0 Å². The van der Waals surface area contributed by atoms with Crippen LogP contribution >= 0.6 is 0 Å². The van der Waals surface area contributed by atoms with Crippen molar-refractivity contribution in [2.24, 2.45) is 10.8 Å². The van der Waals surface area contributed by atoms with Gasteiger partial charge >= 0.3 is 11.9 Å². The van der Waals surface area contributed by atoms with Gasteiger partial charge in [-0.2, -0.15) is 0 Å². The van der Waals surface area contributed by atoms with E-state index in [-0.39, 0.29) is 5.41 Å². The number of hydrogen-bond donors (Lipinski definition) is 0. The molecule has 0 amide bonds. The molecule has 0 aliphatic heterocycles. The van der Waals surface area contributed by atoms with Crippen LogP contribution in [0, 0.1) is 10.8 Å². The molecule has 0 aliphatic rings. The van der Waals surface area contributed by atoms with Gasteiger partial charge in [0, 0.05) is 6.92 Å². The lowest BCUT2D eigenvalue weighted by Crippen LogP contribution is -2.32. The molecule has 0 radical (unpaired) electrons. The zero-order chi connectivity index (χ0) is 11.6. The van der Waals surface area contributed by atoms with E-state index in [2.05, 4.69) is 25.5 Å². The van der Waals surface area contributed by atoms with Gasteiger partial charge in [0.25, 0.3) is 0 Å². The molecule has 0 saturated carbocycles. The highest BCUT2D eigenvalue weighted by atomic mass is 16.6. The van der Waals surface area contributed by atoms with E-state index in [9.17, 15) is 9.59 Å². The van der Waals surface area contributed by atoms with E-state index in [4.69, 9.17) is 0 Å². The van der Waals surface area contributed by atoms with E-state index in [1.54, 1.807) is 13.8 Å². The van der Waals surface area contributed by atoms with Crippen molar-refractivity contribution >= 4 is 11.9 Å². The summed E-state index contributed by atoms with van der Waals surface area (Å²) in [5.41, 5.74) is -0.566. The van der Waals surface area contributed by atoms with E-state index < -0.39 is 17.4 Å². The Kier molecular flexibility index (Phi) is 3.86. The average molecular weight is 200 g/mol. The number of ether oxygens (including phenoxy) is 1. The van der Waals surface area contributed by atoms with Crippen molar-refractivity contribution in [3.05, 3.63) is 0 Å². The van der Waals surface area contributed by atoms with Crippen LogP contribution in [0.1, 0.15) is 48.0 Å². The third-order valence-corrected chi connectivity index (χ3v) is 1.76. The van der Waals surface area contributed by atoms with Crippen molar-refractivity contribution in [2.45, 2.75) is 48.0 Å². The lowest BCUT2D eigenvalue weighted by Gasteiger charge is -2.29. The van der Waals surface area contributed by atoms with Crippen molar-refractivity contribution in [1.82, 2.24) is 0 Å². The Labute approximate surface area is 85.8 Å². The third-order valence-electron chi connectivity index (χ3n) is 1.76. The first-order chi connectivity index (χ1) is 6.04. The van der Waals surface area contributed by atoms with E-state index in [0.29, 0.717) is 6.42 Å². The van der Waals surface area contributed by atoms with Crippen molar-refractivity contribution in [3.63, 3.8) is 0 Å². The molecule has 0 fully saturated rings. The summed E-state index contributed by atoms with van der Waals surface area (Å²) in [6, 6.07) is 0. The Hall–Kier alpha value is -0.860. The minimum absolute atomic E-state index is 0.0410. The summed E-state index contributed by atoms with van der Waals surface area (Å²) in [6.45, 7) is 11.0. The van der Waals surface area contributed by atoms with Gasteiger partial charge in [-0.3, -0.25) is 9.59 Å². The smallest absolute Gasteiger partial charge is 0.319 e. The minimum Gasteiger partial charge on any atom is -0.393 e. The number of carbonyl (C=O) groups is 2. The molecular formula is C11H20O3. The molecular weight excluding hydrogens is 180 g/mol. The summed E-state index contributed by atoms with van der Waals surface area (Å²) >= 11 is 0. The Morgan fingerprint density at radius 3 is 1.79 bits per heavy atom. The lowest BCUT2D eigenvalue weighted by atomic mass is 9.76. The molecule has 0 bridgehead atoms. The summed E-state index contributed by atoms with van der Waals surface area (Å²) in [7, 11) is 0. The normalized spacial score (nSPS) is 12.4. The summed E-state index contributed by atoms with van der Waals surface area (Å²) in [6.07, 6.45) is 0.687. The Morgan fingerprint density at radius 2 is 1.50 bits per heavy atom. The molecule has 3 heteroatoms. The fraction of sp³-hybridized carbons (Fsp3) is 0.818. The second kappa shape index (κ2) is 4.11. The Bertz CT molecular complexity index is 233. The third kappa shape index (κ3) is 5.00. The molecule has 82 valence electrons. The summed E-state index contributed by atoms with van der Waals surface area (Å²) in [5, 5.41) is 0. The molecule has 0 heterocycles. The van der Waals surface area contributed by atoms with E-state index in [1.165, 1.54) is 6.92 Å². The molecule has 0 N–H and O–H groups in total. The second-order valence-electron chi connectivity index (χ2n) is 5.50. The van der Waals surface area contributed by atoms with Crippen molar-refractivity contribution in [1.29, 1.82) is 0 Å². The quantitative estimate of drug-likeness (QED) is 0.508. The van der Waals surface area contributed by atoms with E-state index in [1.807, 2.05) is 0 Å². The molecule has 0 atom stereocenters. The van der Waals surface area contributed by atoms with Crippen LogP contribution in [0.3, 0.4) is 0 Å². The number of esters is 2. The highest BCUT2D eigenvalue weighted by Crippen LogP contribution is 2.33. The van der Waals surface area contributed by atoms with E-state index in [0.717, 1.165) is 0 Å². The fourth-order valence-corrected chi connectivity index (χ4v) is 1.67. The Morgan fingerprint density at radius 1 is 1.07 bits per heavy atom. The summed E-state index contributed by atoms with van der Waals surface area (Å²) in [4.78, 5) is 22.1. The number of carbonyl (C=O) groups excluding carboxylic acids is 2. The molecule has 0 saturated heterocycles. The average Bonchev–Trinajstić information content (AvgIpc) is 1.78. The van der Waals surface area contributed by atoms with Gasteiger partial charge < -0.3 is 4.74 Å². The number of rotatable bonds is 2. The second-order valence-corrected chi connectivity index (χ2v) is 5.50. The summed E-state index contributed by atoms with van der Waals surface area (Å²) < 4.78 is 4.58. The standard InChI is InChI=1S/C11H20O3/c1-8(12)14-9(13)11(5,6)7-10(2,3)4/h7H2,1-6H3. The molecule has 0 rings (SSSR count). The summed E-state index contributed by atoms with van der Waals surface area (Å²) in [5.74, 6) is -0.989. The van der Waals surface area contributed by atoms with Crippen LogP contribution in [-0.4, -0.2) is 11.9 Å². The first kappa shape index (κ1) is 13.1. The van der Waals surface area contributed by atoms with Crippen LogP contribution in [0.5, 0.6) is 0 Å². The predicted octanol–water partition coefficient (Wildman–Crippen LogP) is 2.54. The van der Waals surface area contributed by atoms with Crippen LogP contribution in [0.15, 0.2) is 0 Å². The van der Waals surface area contributed by atoms with Crippen LogP contribution < -0.4 is 0 Å². The molecule has 14 heavy (non-hydrogen) atoms. The lowest BCUT2D eigenvalue weighted by molar-refractivity contribution is -0.166. The van der Waals surface area contributed by atoms with Gasteiger partial charge in [-0.15, -0.1) is 0 Å². The zero-order valence-corrected chi connectivity index (χ0v) is 9.93. The molecule has 3 nitrogen and oxygen atoms in total. The molecule has 0 aromatic rings. The van der Waals surface area contributed by atoms with Gasteiger partial charge in [-0.05, 0) is 25.7 Å². The molecule has 0 aromatic heterocycles. The maximum atomic E-state index is 11.5. The minimum atomic E-state index is -0.607. The highest BCUT2D eigenvalue weighted by molar-refractivity contribution is 5.87. The van der Waals surface area contributed by atoms with Gasteiger partial charge in [0.05, 0.1) is 5.41 Å². The largest absolute Gasteiger partial charge is 0.393 e. The van der Waals surface area contributed by atoms with Crippen molar-refractivity contribution < 1.29 is 14.3 Å². The SMILES string of the molecule is CC(=O)OC(=O)C(C)(C)CC(C)(C)C. The predicted molar refractivity (Wildman–Crippen MR) is 54.6 cm³/mol. The van der Waals surface area contributed by atoms with Gasteiger partial charge in [0.2, 0.25) is 0 Å². The Balaban J connectivity index is 4.46. The van der Waals surface area contributed by atoms with Crippen LogP contribution in [0.25, 0.3) is 0 Å². The molecule has 0 aromatic carbocycles. The van der Waals surface area contributed by atoms with Gasteiger partial charge in [0.15, 0.2) is 0 Å². The van der Waals surface area contributed by atoms with Crippen LogP contribution in [-0.2, 0) is 14.3 Å². The molecule has 0 unspecified atom stereocenters. The number of hydrogen-bond acceptors (Lipinski definition) is 3. The first-order valence-corrected chi connectivity index (χ1v) is 4.77. The fourth-order valence-electron chi connectivity index (χ4n) is 1.67. The topological polar surface area (TPSA) is 43.4 Å². The molecule has 0 aliphatic carbocycles. The van der Waals surface area contributed by atoms with Gasteiger partial charge in [0.1, 0.15) is 0 Å². The maximum Gasteiger partial charge on any atom is 0.319 e.